The van der Waals surface area contributed by atoms with Gasteiger partial charge in [0.15, 0.2) is 0 Å². The summed E-state index contributed by atoms with van der Waals surface area (Å²) in [5.74, 6) is 1.22. The molecule has 2 heterocycles. The van der Waals surface area contributed by atoms with Crippen LogP contribution in [-0.2, 0) is 6.42 Å². The van der Waals surface area contributed by atoms with Crippen molar-refractivity contribution in [1.29, 1.82) is 0 Å². The second-order valence-corrected chi connectivity index (χ2v) is 3.24. The lowest BCUT2D eigenvalue weighted by atomic mass is 10.2. The highest BCUT2D eigenvalue weighted by Crippen LogP contribution is 2.20. The van der Waals surface area contributed by atoms with E-state index in [2.05, 4.69) is 10.1 Å². The predicted octanol–water partition coefficient (Wildman–Crippen LogP) is 1.28. The maximum Gasteiger partial charge on any atom is 0.212 e. The van der Waals surface area contributed by atoms with E-state index in [0.717, 1.165) is 5.56 Å². The normalized spacial score (nSPS) is 10.4. The van der Waals surface area contributed by atoms with E-state index in [1.165, 1.54) is 0 Å². The van der Waals surface area contributed by atoms with Gasteiger partial charge < -0.3 is 14.4 Å². The Hall–Kier alpha value is -1.88. The highest BCUT2D eigenvalue weighted by Gasteiger charge is 2.06. The van der Waals surface area contributed by atoms with Gasteiger partial charge in [0.1, 0.15) is 11.5 Å². The zero-order chi connectivity index (χ0) is 11.4. The molecular formula is C11H12N2O3. The lowest BCUT2D eigenvalue weighted by molar-refractivity contribution is 0.277. The topological polar surface area (TPSA) is 68.4 Å². The van der Waals surface area contributed by atoms with Gasteiger partial charge in [0, 0.05) is 30.3 Å². The van der Waals surface area contributed by atoms with Crippen LogP contribution in [0, 0.1) is 0 Å². The molecule has 0 fully saturated rings. The van der Waals surface area contributed by atoms with E-state index in [4.69, 9.17) is 14.4 Å². The van der Waals surface area contributed by atoms with Crippen LogP contribution in [0.4, 0.5) is 0 Å². The molecule has 84 valence electrons. The minimum Gasteiger partial charge on any atom is -0.481 e. The second kappa shape index (κ2) is 4.76. The summed E-state index contributed by atoms with van der Waals surface area (Å²) in [7, 11) is 1.57. The van der Waals surface area contributed by atoms with Gasteiger partial charge >= 0.3 is 0 Å². The minimum absolute atomic E-state index is 0.0511. The number of aromatic nitrogens is 2. The third-order valence-corrected chi connectivity index (χ3v) is 2.16. The van der Waals surface area contributed by atoms with Crippen molar-refractivity contribution < 1.29 is 14.4 Å². The molecule has 0 aromatic carbocycles. The van der Waals surface area contributed by atoms with Crippen LogP contribution in [0.25, 0.3) is 11.3 Å². The van der Waals surface area contributed by atoms with Gasteiger partial charge in [-0.3, -0.25) is 0 Å². The molecule has 5 nitrogen and oxygen atoms in total. The lowest BCUT2D eigenvalue weighted by Crippen LogP contribution is -1.87. The van der Waals surface area contributed by atoms with E-state index in [-0.39, 0.29) is 6.61 Å². The van der Waals surface area contributed by atoms with Crippen molar-refractivity contribution in [3.63, 3.8) is 0 Å². The molecule has 0 saturated heterocycles. The molecule has 0 atom stereocenters. The van der Waals surface area contributed by atoms with Gasteiger partial charge in [-0.2, -0.15) is 0 Å². The van der Waals surface area contributed by atoms with Crippen LogP contribution >= 0.6 is 0 Å². The Labute approximate surface area is 92.7 Å². The van der Waals surface area contributed by atoms with Crippen LogP contribution in [0.15, 0.2) is 28.9 Å². The zero-order valence-corrected chi connectivity index (χ0v) is 8.88. The quantitative estimate of drug-likeness (QED) is 0.840. The Bertz CT molecular complexity index is 451. The molecule has 0 amide bonds. The van der Waals surface area contributed by atoms with Crippen molar-refractivity contribution in [3.05, 3.63) is 30.2 Å². The van der Waals surface area contributed by atoms with E-state index in [0.29, 0.717) is 23.8 Å². The highest BCUT2D eigenvalue weighted by molar-refractivity contribution is 5.57. The summed E-state index contributed by atoms with van der Waals surface area (Å²) >= 11 is 0. The van der Waals surface area contributed by atoms with E-state index in [1.807, 2.05) is 6.07 Å². The molecule has 2 aromatic rings. The molecule has 0 saturated carbocycles. The van der Waals surface area contributed by atoms with Crippen LogP contribution in [0.1, 0.15) is 5.76 Å². The number of aliphatic hydroxyl groups excluding tert-OH is 1. The van der Waals surface area contributed by atoms with Crippen molar-refractivity contribution in [2.24, 2.45) is 0 Å². The number of hydrogen-bond acceptors (Lipinski definition) is 5. The summed E-state index contributed by atoms with van der Waals surface area (Å²) < 4.78 is 10.0. The fourth-order valence-electron chi connectivity index (χ4n) is 1.33. The highest BCUT2D eigenvalue weighted by atomic mass is 16.5. The molecule has 5 heteroatoms. The van der Waals surface area contributed by atoms with Gasteiger partial charge in [-0.1, -0.05) is 5.16 Å². The number of ether oxygens (including phenoxy) is 1. The molecular weight excluding hydrogens is 208 g/mol. The Balaban J connectivity index is 2.21. The summed E-state index contributed by atoms with van der Waals surface area (Å²) in [5.41, 5.74) is 1.56. The zero-order valence-electron chi connectivity index (χ0n) is 8.88. The summed E-state index contributed by atoms with van der Waals surface area (Å²) in [6.45, 7) is 0.0511. The van der Waals surface area contributed by atoms with Crippen LogP contribution in [-0.4, -0.2) is 29.0 Å². The number of pyridine rings is 1. The Kier molecular flexibility index (Phi) is 3.16. The fraction of sp³-hybridized carbons (Fsp3) is 0.273. The maximum absolute atomic E-state index is 8.75. The van der Waals surface area contributed by atoms with Gasteiger partial charge in [0.2, 0.25) is 5.88 Å². The van der Waals surface area contributed by atoms with Gasteiger partial charge in [0.05, 0.1) is 13.7 Å². The van der Waals surface area contributed by atoms with Crippen LogP contribution in [0.5, 0.6) is 5.88 Å². The first-order valence-electron chi connectivity index (χ1n) is 4.90. The van der Waals surface area contributed by atoms with Crippen molar-refractivity contribution >= 4 is 0 Å². The monoisotopic (exact) mass is 220 g/mol. The molecule has 0 spiro atoms. The molecule has 0 unspecified atom stereocenters. The smallest absolute Gasteiger partial charge is 0.212 e. The van der Waals surface area contributed by atoms with Gasteiger partial charge in [-0.05, 0) is 6.07 Å². The molecule has 0 aliphatic heterocycles. The SMILES string of the molecule is COc1ccc(-c2cc(CCO)on2)cn1. The average molecular weight is 220 g/mol. The van der Waals surface area contributed by atoms with Crippen molar-refractivity contribution in [1.82, 2.24) is 10.1 Å². The molecule has 0 aliphatic rings. The van der Waals surface area contributed by atoms with Crippen LogP contribution in [0.3, 0.4) is 0 Å². The van der Waals surface area contributed by atoms with Crippen molar-refractivity contribution in [2.45, 2.75) is 6.42 Å². The standard InChI is InChI=1S/C11H12N2O3/c1-15-11-3-2-8(7-12-11)10-6-9(4-5-14)16-13-10/h2-3,6-7,14H,4-5H2,1H3. The van der Waals surface area contributed by atoms with Gasteiger partial charge in [-0.25, -0.2) is 4.98 Å². The van der Waals surface area contributed by atoms with E-state index < -0.39 is 0 Å². The van der Waals surface area contributed by atoms with Crippen LogP contribution < -0.4 is 4.74 Å². The van der Waals surface area contributed by atoms with Crippen LogP contribution in [0.2, 0.25) is 0 Å². The molecule has 2 aromatic heterocycles. The van der Waals surface area contributed by atoms with Crippen molar-refractivity contribution in [2.75, 3.05) is 13.7 Å². The van der Waals surface area contributed by atoms with Gasteiger partial charge in [-0.15, -0.1) is 0 Å². The number of rotatable bonds is 4. The maximum atomic E-state index is 8.75. The molecule has 1 N–H and O–H groups in total. The first kappa shape index (κ1) is 10.6. The summed E-state index contributed by atoms with van der Waals surface area (Å²) in [4.78, 5) is 4.08. The summed E-state index contributed by atoms with van der Waals surface area (Å²) in [5, 5.41) is 12.6. The number of nitrogens with zero attached hydrogens (tertiary/aromatic N) is 2. The van der Waals surface area contributed by atoms with E-state index >= 15 is 0 Å². The lowest BCUT2D eigenvalue weighted by Gasteiger charge is -1.98. The number of methoxy groups -OCH3 is 1. The number of hydrogen-bond donors (Lipinski definition) is 1. The fourth-order valence-corrected chi connectivity index (χ4v) is 1.33. The third-order valence-electron chi connectivity index (χ3n) is 2.16. The second-order valence-electron chi connectivity index (χ2n) is 3.24. The summed E-state index contributed by atoms with van der Waals surface area (Å²) in [6.07, 6.45) is 2.13. The average Bonchev–Trinajstić information content (AvgIpc) is 2.78. The molecule has 16 heavy (non-hydrogen) atoms. The van der Waals surface area contributed by atoms with Gasteiger partial charge in [0.25, 0.3) is 0 Å². The Morgan fingerprint density at radius 1 is 1.44 bits per heavy atom. The van der Waals surface area contributed by atoms with Crippen molar-refractivity contribution in [3.8, 4) is 17.1 Å². The Morgan fingerprint density at radius 3 is 2.94 bits per heavy atom. The number of aliphatic hydroxyl groups is 1. The predicted molar refractivity (Wildman–Crippen MR) is 57.1 cm³/mol. The molecule has 0 radical (unpaired) electrons. The molecule has 0 bridgehead atoms. The summed E-state index contributed by atoms with van der Waals surface area (Å²) in [6, 6.07) is 5.40. The minimum atomic E-state index is 0.0511. The largest absolute Gasteiger partial charge is 0.481 e. The molecule has 2 rings (SSSR count). The first-order chi connectivity index (χ1) is 7.83. The first-order valence-corrected chi connectivity index (χ1v) is 4.90. The van der Waals surface area contributed by atoms with E-state index in [9.17, 15) is 0 Å². The third kappa shape index (κ3) is 2.20. The Morgan fingerprint density at radius 2 is 2.31 bits per heavy atom. The molecule has 0 aliphatic carbocycles. The van der Waals surface area contributed by atoms with E-state index in [1.54, 1.807) is 25.4 Å².